The molecule has 18 heavy (non-hydrogen) atoms. The van der Waals surface area contributed by atoms with E-state index >= 15 is 0 Å². The molecule has 7 heteroatoms. The standard InChI is InChI=1S/C11H12F3N3O/c12-11(13,14)10(18)17-7-5-16(6-8-17)9-3-1-2-4-15-9/h1-4H,5-8H2. The zero-order chi connectivity index (χ0) is 13.2. The summed E-state index contributed by atoms with van der Waals surface area (Å²) in [5, 5.41) is 0. The van der Waals surface area contributed by atoms with E-state index in [4.69, 9.17) is 0 Å². The highest BCUT2D eigenvalue weighted by atomic mass is 19.4. The van der Waals surface area contributed by atoms with Gasteiger partial charge in [-0.05, 0) is 12.1 Å². The summed E-state index contributed by atoms with van der Waals surface area (Å²) in [6.45, 7) is 0.849. The molecule has 1 aromatic heterocycles. The molecule has 0 bridgehead atoms. The fourth-order valence-electron chi connectivity index (χ4n) is 1.86. The molecule has 0 radical (unpaired) electrons. The van der Waals surface area contributed by atoms with E-state index < -0.39 is 12.1 Å². The van der Waals surface area contributed by atoms with Gasteiger partial charge in [0, 0.05) is 32.4 Å². The lowest BCUT2D eigenvalue weighted by atomic mass is 10.3. The number of pyridine rings is 1. The van der Waals surface area contributed by atoms with Gasteiger partial charge in [0.2, 0.25) is 0 Å². The Kier molecular flexibility index (Phi) is 3.40. The molecule has 2 heterocycles. The summed E-state index contributed by atoms with van der Waals surface area (Å²) in [6, 6.07) is 5.38. The first-order valence-corrected chi connectivity index (χ1v) is 5.50. The van der Waals surface area contributed by atoms with E-state index in [9.17, 15) is 18.0 Å². The van der Waals surface area contributed by atoms with E-state index in [0.29, 0.717) is 13.1 Å². The number of piperazine rings is 1. The number of anilines is 1. The van der Waals surface area contributed by atoms with Gasteiger partial charge >= 0.3 is 12.1 Å². The lowest BCUT2D eigenvalue weighted by molar-refractivity contribution is -0.185. The fourth-order valence-corrected chi connectivity index (χ4v) is 1.86. The predicted molar refractivity (Wildman–Crippen MR) is 59.1 cm³/mol. The molecule has 1 aliphatic rings. The summed E-state index contributed by atoms with van der Waals surface area (Å²) in [7, 11) is 0. The van der Waals surface area contributed by atoms with Crippen LogP contribution >= 0.6 is 0 Å². The van der Waals surface area contributed by atoms with Crippen LogP contribution in [0, 0.1) is 0 Å². The molecule has 1 amide bonds. The van der Waals surface area contributed by atoms with Gasteiger partial charge in [-0.1, -0.05) is 6.07 Å². The molecule has 0 atom stereocenters. The van der Waals surface area contributed by atoms with Crippen LogP contribution in [0.1, 0.15) is 0 Å². The van der Waals surface area contributed by atoms with Crippen molar-refractivity contribution in [2.45, 2.75) is 6.18 Å². The molecular weight excluding hydrogens is 247 g/mol. The molecule has 1 fully saturated rings. The normalized spacial score (nSPS) is 16.8. The maximum Gasteiger partial charge on any atom is 0.471 e. The molecular formula is C11H12F3N3O. The van der Waals surface area contributed by atoms with Gasteiger partial charge < -0.3 is 9.80 Å². The molecule has 0 aliphatic carbocycles. The van der Waals surface area contributed by atoms with Gasteiger partial charge in [0.05, 0.1) is 0 Å². The number of hydrogen-bond acceptors (Lipinski definition) is 3. The zero-order valence-electron chi connectivity index (χ0n) is 9.52. The maximum atomic E-state index is 12.2. The van der Waals surface area contributed by atoms with Gasteiger partial charge in [-0.15, -0.1) is 0 Å². The van der Waals surface area contributed by atoms with Crippen molar-refractivity contribution in [3.63, 3.8) is 0 Å². The summed E-state index contributed by atoms with van der Waals surface area (Å²) >= 11 is 0. The first kappa shape index (κ1) is 12.7. The van der Waals surface area contributed by atoms with Crippen molar-refractivity contribution in [2.24, 2.45) is 0 Å². The van der Waals surface area contributed by atoms with Gasteiger partial charge in [0.25, 0.3) is 0 Å². The second kappa shape index (κ2) is 4.83. The quantitative estimate of drug-likeness (QED) is 0.762. The van der Waals surface area contributed by atoms with E-state index in [2.05, 4.69) is 4.98 Å². The number of alkyl halides is 3. The van der Waals surface area contributed by atoms with Crippen molar-refractivity contribution in [1.82, 2.24) is 9.88 Å². The van der Waals surface area contributed by atoms with Crippen LogP contribution in [0.25, 0.3) is 0 Å². The first-order chi connectivity index (χ1) is 8.48. The van der Waals surface area contributed by atoms with Crippen molar-refractivity contribution in [3.8, 4) is 0 Å². The topological polar surface area (TPSA) is 36.4 Å². The molecule has 0 aromatic carbocycles. The van der Waals surface area contributed by atoms with Crippen molar-refractivity contribution in [1.29, 1.82) is 0 Å². The summed E-state index contributed by atoms with van der Waals surface area (Å²) in [6.07, 6.45) is -3.16. The Morgan fingerprint density at radius 3 is 2.33 bits per heavy atom. The molecule has 98 valence electrons. The van der Waals surface area contributed by atoms with Crippen LogP contribution < -0.4 is 4.90 Å². The number of carbonyl (C=O) groups excluding carboxylic acids is 1. The van der Waals surface area contributed by atoms with Gasteiger partial charge in [-0.3, -0.25) is 4.79 Å². The molecule has 0 N–H and O–H groups in total. The van der Waals surface area contributed by atoms with Crippen LogP contribution in [0.4, 0.5) is 19.0 Å². The third-order valence-electron chi connectivity index (χ3n) is 2.78. The highest BCUT2D eigenvalue weighted by Crippen LogP contribution is 2.20. The third-order valence-corrected chi connectivity index (χ3v) is 2.78. The average molecular weight is 259 g/mol. The Bertz CT molecular complexity index is 413. The monoisotopic (exact) mass is 259 g/mol. The van der Waals surface area contributed by atoms with Gasteiger partial charge in [0.15, 0.2) is 0 Å². The minimum absolute atomic E-state index is 0.0644. The summed E-state index contributed by atoms with van der Waals surface area (Å²) < 4.78 is 36.7. The van der Waals surface area contributed by atoms with Gasteiger partial charge in [0.1, 0.15) is 5.82 Å². The lowest BCUT2D eigenvalue weighted by Crippen LogP contribution is -2.52. The third kappa shape index (κ3) is 2.72. The molecule has 1 aromatic rings. The van der Waals surface area contributed by atoms with Crippen LogP contribution in [-0.2, 0) is 4.79 Å². The second-order valence-electron chi connectivity index (χ2n) is 3.96. The van der Waals surface area contributed by atoms with E-state index in [1.807, 2.05) is 11.0 Å². The first-order valence-electron chi connectivity index (χ1n) is 5.50. The van der Waals surface area contributed by atoms with Crippen LogP contribution in [0.2, 0.25) is 0 Å². The summed E-state index contributed by atoms with van der Waals surface area (Å²) in [5.41, 5.74) is 0. The van der Waals surface area contributed by atoms with Gasteiger partial charge in [-0.2, -0.15) is 13.2 Å². The van der Waals surface area contributed by atoms with E-state index in [-0.39, 0.29) is 13.1 Å². The Labute approximate surface area is 102 Å². The summed E-state index contributed by atoms with van der Waals surface area (Å²) in [5.74, 6) is -1.04. The van der Waals surface area contributed by atoms with E-state index in [1.165, 1.54) is 0 Å². The zero-order valence-corrected chi connectivity index (χ0v) is 9.52. The van der Waals surface area contributed by atoms with Crippen molar-refractivity contribution in [3.05, 3.63) is 24.4 Å². The Morgan fingerprint density at radius 2 is 1.83 bits per heavy atom. The number of aromatic nitrogens is 1. The van der Waals surface area contributed by atoms with Gasteiger partial charge in [-0.25, -0.2) is 4.98 Å². The molecule has 2 rings (SSSR count). The molecule has 0 spiro atoms. The number of hydrogen-bond donors (Lipinski definition) is 0. The minimum atomic E-state index is -4.78. The van der Waals surface area contributed by atoms with Crippen molar-refractivity contribution in [2.75, 3.05) is 31.1 Å². The van der Waals surface area contributed by atoms with Crippen molar-refractivity contribution < 1.29 is 18.0 Å². The molecule has 0 unspecified atom stereocenters. The number of amides is 1. The van der Waals surface area contributed by atoms with E-state index in [0.717, 1.165) is 10.7 Å². The smallest absolute Gasteiger partial charge is 0.353 e. The Morgan fingerprint density at radius 1 is 1.17 bits per heavy atom. The average Bonchev–Trinajstić information content (AvgIpc) is 2.38. The van der Waals surface area contributed by atoms with Crippen LogP contribution in [-0.4, -0.2) is 48.1 Å². The SMILES string of the molecule is O=C(N1CCN(c2ccccn2)CC1)C(F)(F)F. The largest absolute Gasteiger partial charge is 0.471 e. The van der Waals surface area contributed by atoms with E-state index in [1.54, 1.807) is 18.3 Å². The molecule has 4 nitrogen and oxygen atoms in total. The van der Waals surface area contributed by atoms with Crippen LogP contribution in [0.3, 0.4) is 0 Å². The number of halogens is 3. The predicted octanol–water partition coefficient (Wildman–Crippen LogP) is 1.29. The molecule has 1 saturated heterocycles. The number of carbonyl (C=O) groups is 1. The second-order valence-corrected chi connectivity index (χ2v) is 3.96. The molecule has 1 aliphatic heterocycles. The highest BCUT2D eigenvalue weighted by molar-refractivity contribution is 5.82. The van der Waals surface area contributed by atoms with Crippen LogP contribution in [0.5, 0.6) is 0 Å². The lowest BCUT2D eigenvalue weighted by Gasteiger charge is -2.35. The highest BCUT2D eigenvalue weighted by Gasteiger charge is 2.43. The Balaban J connectivity index is 1.95. The van der Waals surface area contributed by atoms with Crippen molar-refractivity contribution >= 4 is 11.7 Å². The Hall–Kier alpha value is -1.79. The number of nitrogens with zero attached hydrogens (tertiary/aromatic N) is 3. The fraction of sp³-hybridized carbons (Fsp3) is 0.455. The van der Waals surface area contributed by atoms with Crippen LogP contribution in [0.15, 0.2) is 24.4 Å². The molecule has 0 saturated carbocycles. The number of rotatable bonds is 1. The summed E-state index contributed by atoms with van der Waals surface area (Å²) in [4.78, 5) is 17.8. The maximum absolute atomic E-state index is 12.2. The minimum Gasteiger partial charge on any atom is -0.353 e.